The summed E-state index contributed by atoms with van der Waals surface area (Å²) in [6.07, 6.45) is 1.35. The molecular formula is C11H20N2O3. The predicted molar refractivity (Wildman–Crippen MR) is 60.1 cm³/mol. The Morgan fingerprint density at radius 3 is 2.44 bits per heavy atom. The highest BCUT2D eigenvalue weighted by atomic mass is 16.6. The summed E-state index contributed by atoms with van der Waals surface area (Å²) in [6, 6.07) is 0. The molecule has 0 aromatic rings. The number of unbranched alkanes of at least 4 members (excludes halogenated alkanes) is 1. The third-order valence-corrected chi connectivity index (χ3v) is 2.84. The first-order chi connectivity index (χ1) is 7.69. The molecule has 2 amide bonds. The number of rotatable bonds is 7. The summed E-state index contributed by atoms with van der Waals surface area (Å²) in [7, 11) is 0. The third kappa shape index (κ3) is 3.48. The van der Waals surface area contributed by atoms with Crippen LogP contribution in [0.5, 0.6) is 0 Å². The van der Waals surface area contributed by atoms with Gasteiger partial charge < -0.3 is 9.64 Å². The molecule has 1 fully saturated rings. The van der Waals surface area contributed by atoms with Crippen LogP contribution in [-0.4, -0.2) is 54.6 Å². The molecule has 5 nitrogen and oxygen atoms in total. The molecule has 1 heterocycles. The van der Waals surface area contributed by atoms with Gasteiger partial charge in [0.15, 0.2) is 6.61 Å². The molecule has 16 heavy (non-hydrogen) atoms. The monoisotopic (exact) mass is 228 g/mol. The van der Waals surface area contributed by atoms with Gasteiger partial charge in [-0.3, -0.25) is 4.79 Å². The molecule has 92 valence electrons. The molecule has 1 saturated heterocycles. The molecule has 0 N–H and O–H groups in total. The molecule has 0 aromatic heterocycles. The lowest BCUT2D eigenvalue weighted by atomic mass is 10.2. The topological polar surface area (TPSA) is 49.9 Å². The summed E-state index contributed by atoms with van der Waals surface area (Å²) in [5.41, 5.74) is 0. The maximum absolute atomic E-state index is 11.2. The Morgan fingerprint density at radius 2 is 1.94 bits per heavy atom. The highest BCUT2D eigenvalue weighted by molar-refractivity contribution is 5.97. The second-order valence-electron chi connectivity index (χ2n) is 3.83. The van der Waals surface area contributed by atoms with Crippen LogP contribution in [0, 0.1) is 0 Å². The van der Waals surface area contributed by atoms with Crippen LogP contribution >= 0.6 is 0 Å². The molecule has 0 aromatic carbocycles. The summed E-state index contributed by atoms with van der Waals surface area (Å²) in [5.74, 6) is -0.215. The van der Waals surface area contributed by atoms with Crippen molar-refractivity contribution >= 4 is 12.0 Å². The van der Waals surface area contributed by atoms with Crippen LogP contribution < -0.4 is 0 Å². The van der Waals surface area contributed by atoms with Gasteiger partial charge in [-0.1, -0.05) is 13.8 Å². The lowest BCUT2D eigenvalue weighted by Crippen LogP contribution is -2.31. The first kappa shape index (κ1) is 13.0. The number of hydrogen-bond donors (Lipinski definition) is 0. The van der Waals surface area contributed by atoms with Gasteiger partial charge in [-0.2, -0.15) is 0 Å². The first-order valence-electron chi connectivity index (χ1n) is 5.88. The zero-order chi connectivity index (χ0) is 12.0. The van der Waals surface area contributed by atoms with Gasteiger partial charge in [0.2, 0.25) is 0 Å². The largest absolute Gasteiger partial charge is 0.439 e. The van der Waals surface area contributed by atoms with E-state index in [1.54, 1.807) is 0 Å². The predicted octanol–water partition coefficient (Wildman–Crippen LogP) is 1.09. The minimum absolute atomic E-state index is 0.0884. The molecule has 1 aliphatic rings. The zero-order valence-electron chi connectivity index (χ0n) is 10.1. The van der Waals surface area contributed by atoms with Crippen molar-refractivity contribution in [1.82, 2.24) is 9.80 Å². The van der Waals surface area contributed by atoms with E-state index >= 15 is 0 Å². The molecule has 0 aliphatic carbocycles. The van der Waals surface area contributed by atoms with Gasteiger partial charge in [0.1, 0.15) is 0 Å². The molecule has 0 atom stereocenters. The fourth-order valence-electron chi connectivity index (χ4n) is 1.74. The average Bonchev–Trinajstić information content (AvgIpc) is 2.60. The smallest absolute Gasteiger partial charge is 0.417 e. The number of imide groups is 1. The van der Waals surface area contributed by atoms with Gasteiger partial charge in [-0.25, -0.2) is 9.69 Å². The second-order valence-corrected chi connectivity index (χ2v) is 3.83. The number of cyclic esters (lactones) is 1. The van der Waals surface area contributed by atoms with Crippen LogP contribution in [0.15, 0.2) is 0 Å². The van der Waals surface area contributed by atoms with Crippen molar-refractivity contribution in [3.8, 4) is 0 Å². The lowest BCUT2D eigenvalue weighted by molar-refractivity contribution is -0.125. The molecule has 1 aliphatic heterocycles. The number of ether oxygens (including phenoxy) is 1. The van der Waals surface area contributed by atoms with E-state index in [0.717, 1.165) is 32.5 Å². The third-order valence-electron chi connectivity index (χ3n) is 2.84. The Kier molecular flexibility index (Phi) is 5.25. The van der Waals surface area contributed by atoms with Crippen LogP contribution in [0.2, 0.25) is 0 Å². The summed E-state index contributed by atoms with van der Waals surface area (Å²) in [6.45, 7) is 7.76. The molecule has 0 unspecified atom stereocenters. The Labute approximate surface area is 96.3 Å². The van der Waals surface area contributed by atoms with Crippen molar-refractivity contribution in [1.29, 1.82) is 0 Å². The van der Waals surface area contributed by atoms with Crippen molar-refractivity contribution < 1.29 is 14.3 Å². The first-order valence-corrected chi connectivity index (χ1v) is 5.88. The molecule has 1 rings (SSSR count). The molecule has 5 heteroatoms. The minimum atomic E-state index is -0.493. The quantitative estimate of drug-likeness (QED) is 0.612. The number of carbonyl (C=O) groups excluding carboxylic acids is 2. The summed E-state index contributed by atoms with van der Waals surface area (Å²) in [5, 5.41) is 0. The number of hydrogen-bond acceptors (Lipinski definition) is 4. The van der Waals surface area contributed by atoms with Gasteiger partial charge >= 0.3 is 6.09 Å². The van der Waals surface area contributed by atoms with Gasteiger partial charge in [0.05, 0.1) is 0 Å². The highest BCUT2D eigenvalue weighted by Gasteiger charge is 2.29. The Bertz CT molecular complexity index is 236. The van der Waals surface area contributed by atoms with E-state index in [0.29, 0.717) is 6.54 Å². The maximum atomic E-state index is 11.2. The van der Waals surface area contributed by atoms with E-state index in [9.17, 15) is 9.59 Å². The molecular weight excluding hydrogens is 208 g/mol. The van der Waals surface area contributed by atoms with Crippen LogP contribution in [0.1, 0.15) is 26.7 Å². The van der Waals surface area contributed by atoms with Crippen LogP contribution in [0.3, 0.4) is 0 Å². The molecule has 0 radical (unpaired) electrons. The van der Waals surface area contributed by atoms with Gasteiger partial charge in [-0.15, -0.1) is 0 Å². The highest BCUT2D eigenvalue weighted by Crippen LogP contribution is 2.07. The normalized spacial score (nSPS) is 16.1. The minimum Gasteiger partial charge on any atom is -0.439 e. The Hall–Kier alpha value is -1.10. The van der Waals surface area contributed by atoms with Gasteiger partial charge in [0.25, 0.3) is 5.91 Å². The Morgan fingerprint density at radius 1 is 1.25 bits per heavy atom. The number of amides is 2. The molecule has 0 spiro atoms. The standard InChI is InChI=1S/C11H20N2O3/c1-3-12(4-2)7-5-6-8-13-10(14)9-16-11(13)15/h3-9H2,1-2H3. The number of carbonyl (C=O) groups is 2. The fraction of sp³-hybridized carbons (Fsp3) is 0.818. The van der Waals surface area contributed by atoms with Gasteiger partial charge in [0, 0.05) is 6.54 Å². The van der Waals surface area contributed by atoms with Crippen molar-refractivity contribution in [2.24, 2.45) is 0 Å². The average molecular weight is 228 g/mol. The number of nitrogens with zero attached hydrogens (tertiary/aromatic N) is 2. The van der Waals surface area contributed by atoms with E-state index in [4.69, 9.17) is 0 Å². The van der Waals surface area contributed by atoms with E-state index in [-0.39, 0.29) is 12.5 Å². The van der Waals surface area contributed by atoms with Crippen molar-refractivity contribution in [2.45, 2.75) is 26.7 Å². The lowest BCUT2D eigenvalue weighted by Gasteiger charge is -2.18. The maximum Gasteiger partial charge on any atom is 0.417 e. The summed E-state index contributed by atoms with van der Waals surface area (Å²) >= 11 is 0. The second kappa shape index (κ2) is 6.48. The zero-order valence-corrected chi connectivity index (χ0v) is 10.1. The van der Waals surface area contributed by atoms with E-state index < -0.39 is 6.09 Å². The molecule has 0 saturated carbocycles. The van der Waals surface area contributed by atoms with E-state index in [1.807, 2.05) is 0 Å². The van der Waals surface area contributed by atoms with Crippen molar-refractivity contribution in [2.75, 3.05) is 32.8 Å². The Balaban J connectivity index is 2.15. The SMILES string of the molecule is CCN(CC)CCCCN1C(=O)COC1=O. The summed E-state index contributed by atoms with van der Waals surface area (Å²) in [4.78, 5) is 25.8. The van der Waals surface area contributed by atoms with Crippen molar-refractivity contribution in [3.63, 3.8) is 0 Å². The van der Waals surface area contributed by atoms with Gasteiger partial charge in [-0.05, 0) is 32.5 Å². The van der Waals surface area contributed by atoms with Crippen LogP contribution in [0.4, 0.5) is 4.79 Å². The van der Waals surface area contributed by atoms with E-state index in [1.165, 1.54) is 4.90 Å². The molecule has 0 bridgehead atoms. The van der Waals surface area contributed by atoms with E-state index in [2.05, 4.69) is 23.5 Å². The van der Waals surface area contributed by atoms with Crippen LogP contribution in [0.25, 0.3) is 0 Å². The van der Waals surface area contributed by atoms with Crippen molar-refractivity contribution in [3.05, 3.63) is 0 Å². The fourth-order valence-corrected chi connectivity index (χ4v) is 1.74. The van der Waals surface area contributed by atoms with Crippen LogP contribution in [-0.2, 0) is 9.53 Å². The summed E-state index contributed by atoms with van der Waals surface area (Å²) < 4.78 is 4.63.